The first kappa shape index (κ1) is 18.0. The van der Waals surface area contributed by atoms with Crippen molar-refractivity contribution in [1.29, 1.82) is 0 Å². The van der Waals surface area contributed by atoms with Crippen LogP contribution in [0.25, 0.3) is 0 Å². The van der Waals surface area contributed by atoms with E-state index in [-0.39, 0.29) is 18.9 Å². The molecular formula is C17H20NO5P. The maximum absolute atomic E-state index is 11.8. The summed E-state index contributed by atoms with van der Waals surface area (Å²) >= 11 is 0. The van der Waals surface area contributed by atoms with Crippen LogP contribution >= 0.6 is 9.47 Å². The van der Waals surface area contributed by atoms with Crippen LogP contribution in [0, 0.1) is 5.92 Å². The Morgan fingerprint density at radius 3 is 2.67 bits per heavy atom. The summed E-state index contributed by atoms with van der Waals surface area (Å²) in [6.45, 7) is 0.0972. The third-order valence-corrected chi connectivity index (χ3v) is 3.90. The summed E-state index contributed by atoms with van der Waals surface area (Å²) in [5.41, 5.74) is 0.838. The van der Waals surface area contributed by atoms with Gasteiger partial charge in [0.05, 0.1) is 9.47 Å². The highest BCUT2D eigenvalue weighted by molar-refractivity contribution is 7.10. The summed E-state index contributed by atoms with van der Waals surface area (Å²) in [6.07, 6.45) is 5.75. The van der Waals surface area contributed by atoms with Crippen LogP contribution in [0.15, 0.2) is 54.3 Å². The van der Waals surface area contributed by atoms with Gasteiger partial charge in [-0.15, -0.1) is 0 Å². The van der Waals surface area contributed by atoms with Crippen molar-refractivity contribution >= 4 is 21.5 Å². The third-order valence-electron chi connectivity index (χ3n) is 3.63. The number of benzene rings is 1. The number of alkyl carbamates (subject to hydrolysis) is 1. The smallest absolute Gasteiger partial charge is 0.408 e. The van der Waals surface area contributed by atoms with Gasteiger partial charge in [0.1, 0.15) is 18.4 Å². The molecule has 0 heterocycles. The average molecular weight is 349 g/mol. The lowest BCUT2D eigenvalue weighted by molar-refractivity contribution is -0.139. The molecule has 1 aliphatic rings. The molecule has 2 N–H and O–H groups in total. The molecule has 1 aromatic rings. The van der Waals surface area contributed by atoms with Crippen LogP contribution in [0.5, 0.6) is 0 Å². The number of hydrogen-bond acceptors (Lipinski definition) is 4. The molecule has 6 nitrogen and oxygen atoms in total. The standard InChI is InChI=1S/C17H20NO5P/c19-16(20)15(10-12-6-8-14(23-24)9-7-12)18-17(21)22-11-13-4-2-1-3-5-13/h1-6,8-9,12,15H,7,10-11,24H2,(H,18,21)(H,19,20). The second-order valence-corrected chi connectivity index (χ2v) is 5.65. The molecule has 3 unspecified atom stereocenters. The molecule has 1 aromatic carbocycles. The van der Waals surface area contributed by atoms with Crippen molar-refractivity contribution in [2.45, 2.75) is 25.5 Å². The number of carboxylic acid groups (broad SMARTS) is 1. The third kappa shape index (κ3) is 5.70. The molecule has 128 valence electrons. The van der Waals surface area contributed by atoms with E-state index >= 15 is 0 Å². The lowest BCUT2D eigenvalue weighted by Gasteiger charge is -2.20. The highest BCUT2D eigenvalue weighted by Gasteiger charge is 2.24. The van der Waals surface area contributed by atoms with Gasteiger partial charge in [0.15, 0.2) is 0 Å². The Bertz CT molecular complexity index is 629. The number of rotatable bonds is 7. The Morgan fingerprint density at radius 1 is 1.33 bits per heavy atom. The van der Waals surface area contributed by atoms with E-state index in [2.05, 4.69) is 14.8 Å². The molecule has 1 amide bonds. The van der Waals surface area contributed by atoms with Crippen LogP contribution in [0.2, 0.25) is 0 Å². The number of ether oxygens (including phenoxy) is 1. The van der Waals surface area contributed by atoms with E-state index in [4.69, 9.17) is 9.26 Å². The van der Waals surface area contributed by atoms with Crippen LogP contribution in [-0.4, -0.2) is 23.2 Å². The molecule has 1 aliphatic carbocycles. The number of hydrogen-bond donors (Lipinski definition) is 2. The fourth-order valence-corrected chi connectivity index (χ4v) is 2.51. The average Bonchev–Trinajstić information content (AvgIpc) is 2.61. The van der Waals surface area contributed by atoms with Crippen LogP contribution in [0.4, 0.5) is 4.79 Å². The molecule has 7 heteroatoms. The maximum atomic E-state index is 11.8. The molecule has 3 atom stereocenters. The highest BCUT2D eigenvalue weighted by Crippen LogP contribution is 2.22. The number of carbonyl (C=O) groups excluding carboxylic acids is 1. The maximum Gasteiger partial charge on any atom is 0.408 e. The normalized spacial score (nSPS) is 17.5. The fourth-order valence-electron chi connectivity index (χ4n) is 2.34. The second-order valence-electron chi connectivity index (χ2n) is 5.41. The van der Waals surface area contributed by atoms with Crippen LogP contribution in [0.1, 0.15) is 18.4 Å². The zero-order chi connectivity index (χ0) is 17.4. The van der Waals surface area contributed by atoms with E-state index in [1.165, 1.54) is 0 Å². The Morgan fingerprint density at radius 2 is 2.08 bits per heavy atom. The highest BCUT2D eigenvalue weighted by atomic mass is 31.0. The Labute approximate surface area is 142 Å². The van der Waals surface area contributed by atoms with Crippen molar-refractivity contribution in [2.24, 2.45) is 5.92 Å². The Balaban J connectivity index is 1.82. The summed E-state index contributed by atoms with van der Waals surface area (Å²) in [5, 5.41) is 11.7. The van der Waals surface area contributed by atoms with Gasteiger partial charge in [-0.2, -0.15) is 0 Å². The first-order valence-electron chi connectivity index (χ1n) is 7.53. The van der Waals surface area contributed by atoms with Gasteiger partial charge >= 0.3 is 12.1 Å². The van der Waals surface area contributed by atoms with Crippen molar-refractivity contribution in [1.82, 2.24) is 5.32 Å². The zero-order valence-corrected chi connectivity index (χ0v) is 14.2. The van der Waals surface area contributed by atoms with Crippen LogP contribution < -0.4 is 5.32 Å². The quantitative estimate of drug-likeness (QED) is 0.739. The predicted octanol–water partition coefficient (Wildman–Crippen LogP) is 3.02. The minimum atomic E-state index is -1.09. The Hall–Kier alpha value is -2.33. The van der Waals surface area contributed by atoms with Gasteiger partial charge in [0.25, 0.3) is 0 Å². The number of allylic oxidation sites excluding steroid dienone is 3. The van der Waals surface area contributed by atoms with Crippen molar-refractivity contribution in [3.05, 3.63) is 59.9 Å². The summed E-state index contributed by atoms with van der Waals surface area (Å²) in [5.74, 6) is -0.347. The number of aliphatic carboxylic acids is 1. The summed E-state index contributed by atoms with van der Waals surface area (Å²) < 4.78 is 10.1. The van der Waals surface area contributed by atoms with E-state index < -0.39 is 18.1 Å². The van der Waals surface area contributed by atoms with Gasteiger partial charge in [-0.1, -0.05) is 36.4 Å². The monoisotopic (exact) mass is 349 g/mol. The van der Waals surface area contributed by atoms with Gasteiger partial charge in [-0.25, -0.2) is 9.59 Å². The van der Waals surface area contributed by atoms with Crippen molar-refractivity contribution < 1.29 is 24.0 Å². The molecule has 0 aromatic heterocycles. The van der Waals surface area contributed by atoms with Gasteiger partial charge in [-0.3, -0.25) is 0 Å². The van der Waals surface area contributed by atoms with Gasteiger partial charge in [-0.05, 0) is 36.5 Å². The lowest BCUT2D eigenvalue weighted by Crippen LogP contribution is -2.42. The molecule has 0 bridgehead atoms. The Kier molecular flexibility index (Phi) is 6.82. The number of carbonyl (C=O) groups is 2. The zero-order valence-electron chi connectivity index (χ0n) is 13.1. The van der Waals surface area contributed by atoms with E-state index in [1.807, 2.05) is 42.5 Å². The number of amides is 1. The molecular weight excluding hydrogens is 329 g/mol. The minimum Gasteiger partial charge on any atom is -0.481 e. The molecule has 0 aliphatic heterocycles. The van der Waals surface area contributed by atoms with Crippen LogP contribution in [0.3, 0.4) is 0 Å². The summed E-state index contributed by atoms with van der Waals surface area (Å²) in [7, 11) is 2.16. The molecule has 0 spiro atoms. The van der Waals surface area contributed by atoms with Crippen molar-refractivity contribution in [2.75, 3.05) is 0 Å². The van der Waals surface area contributed by atoms with Gasteiger partial charge < -0.3 is 19.7 Å². The van der Waals surface area contributed by atoms with Crippen LogP contribution in [-0.2, 0) is 20.7 Å². The topological polar surface area (TPSA) is 84.9 Å². The van der Waals surface area contributed by atoms with Crippen molar-refractivity contribution in [3.8, 4) is 0 Å². The van der Waals surface area contributed by atoms with E-state index in [9.17, 15) is 14.7 Å². The first-order chi connectivity index (χ1) is 11.6. The van der Waals surface area contributed by atoms with Gasteiger partial charge in [0, 0.05) is 0 Å². The summed E-state index contributed by atoms with van der Waals surface area (Å²) in [4.78, 5) is 23.2. The van der Waals surface area contributed by atoms with E-state index in [0.717, 1.165) is 11.3 Å². The van der Waals surface area contributed by atoms with Gasteiger partial charge in [0.2, 0.25) is 0 Å². The molecule has 24 heavy (non-hydrogen) atoms. The minimum absolute atomic E-state index is 0.0180. The SMILES string of the molecule is O=C(NC(CC1C=CC(OP)=CC1)C(=O)O)OCc1ccccc1. The number of nitrogens with one attached hydrogen (secondary N) is 1. The summed E-state index contributed by atoms with van der Waals surface area (Å²) in [6, 6.07) is 8.19. The van der Waals surface area contributed by atoms with E-state index in [0.29, 0.717) is 6.42 Å². The molecule has 0 fully saturated rings. The number of carboxylic acids is 1. The molecule has 0 saturated carbocycles. The van der Waals surface area contributed by atoms with E-state index in [1.54, 1.807) is 6.08 Å². The molecule has 0 saturated heterocycles. The second kappa shape index (κ2) is 9.08. The largest absolute Gasteiger partial charge is 0.481 e. The molecule has 2 rings (SSSR count). The lowest BCUT2D eigenvalue weighted by atomic mass is 9.93. The molecule has 0 radical (unpaired) electrons. The first-order valence-corrected chi connectivity index (χ1v) is 8.00. The fraction of sp³-hybridized carbons (Fsp3) is 0.294. The predicted molar refractivity (Wildman–Crippen MR) is 91.9 cm³/mol. The van der Waals surface area contributed by atoms with Crippen molar-refractivity contribution in [3.63, 3.8) is 0 Å².